The van der Waals surface area contributed by atoms with Crippen molar-refractivity contribution in [1.29, 1.82) is 0 Å². The van der Waals surface area contributed by atoms with Crippen molar-refractivity contribution in [3.63, 3.8) is 0 Å². The average Bonchev–Trinajstić information content (AvgIpc) is 2.43. The first kappa shape index (κ1) is 13.6. The normalized spacial score (nSPS) is 10.3. The minimum atomic E-state index is -0.663. The van der Waals surface area contributed by atoms with Gasteiger partial charge in [-0.15, -0.1) is 0 Å². The Morgan fingerprint density at radius 2 is 1.75 bits per heavy atom. The topological polar surface area (TPSA) is 93.3 Å². The second kappa shape index (κ2) is 5.04. The molecule has 1 heterocycles. The highest BCUT2D eigenvalue weighted by Crippen LogP contribution is 2.14. The van der Waals surface area contributed by atoms with Crippen LogP contribution in [0.1, 0.15) is 10.4 Å². The Bertz CT molecular complexity index is 772. The lowest BCUT2D eigenvalue weighted by Gasteiger charge is -2.07. The third-order valence-electron chi connectivity index (χ3n) is 2.82. The molecular weight excluding hydrogens is 262 g/mol. The van der Waals surface area contributed by atoms with Crippen LogP contribution in [0.3, 0.4) is 0 Å². The highest BCUT2D eigenvalue weighted by Gasteiger charge is 2.14. The van der Waals surface area contributed by atoms with Crippen molar-refractivity contribution in [2.24, 2.45) is 14.1 Å². The van der Waals surface area contributed by atoms with Gasteiger partial charge in [-0.05, 0) is 24.3 Å². The van der Waals surface area contributed by atoms with Crippen LogP contribution in [-0.2, 0) is 14.1 Å². The summed E-state index contributed by atoms with van der Waals surface area (Å²) < 4.78 is 2.03. The maximum Gasteiger partial charge on any atom is 0.330 e. The van der Waals surface area contributed by atoms with Crippen molar-refractivity contribution in [3.8, 4) is 5.75 Å². The number of hydrogen-bond donors (Lipinski definition) is 2. The van der Waals surface area contributed by atoms with E-state index >= 15 is 0 Å². The highest BCUT2D eigenvalue weighted by molar-refractivity contribution is 6.03. The number of amides is 1. The fourth-order valence-corrected chi connectivity index (χ4v) is 1.71. The van der Waals surface area contributed by atoms with Gasteiger partial charge in [-0.25, -0.2) is 4.79 Å². The van der Waals surface area contributed by atoms with Crippen molar-refractivity contribution < 1.29 is 9.90 Å². The smallest absolute Gasteiger partial charge is 0.330 e. The maximum atomic E-state index is 12.0. The Kier molecular flexibility index (Phi) is 3.43. The summed E-state index contributed by atoms with van der Waals surface area (Å²) in [4.78, 5) is 35.4. The van der Waals surface area contributed by atoms with Gasteiger partial charge < -0.3 is 15.0 Å². The molecule has 2 rings (SSSR count). The number of nitrogens with one attached hydrogen (secondary N) is 1. The van der Waals surface area contributed by atoms with Crippen molar-refractivity contribution in [1.82, 2.24) is 9.13 Å². The van der Waals surface area contributed by atoms with Crippen molar-refractivity contribution in [2.75, 3.05) is 5.32 Å². The molecule has 2 N–H and O–H groups in total. The fraction of sp³-hybridized carbons (Fsp3) is 0.154. The summed E-state index contributed by atoms with van der Waals surface area (Å²) >= 11 is 0. The number of nitrogens with zero attached hydrogens (tertiary/aromatic N) is 2. The van der Waals surface area contributed by atoms with Gasteiger partial charge in [0, 0.05) is 26.0 Å². The summed E-state index contributed by atoms with van der Waals surface area (Å²) in [5.74, 6) is -0.548. The molecule has 0 aliphatic carbocycles. The second-order valence-electron chi connectivity index (χ2n) is 4.30. The van der Waals surface area contributed by atoms with Gasteiger partial charge in [0.15, 0.2) is 0 Å². The summed E-state index contributed by atoms with van der Waals surface area (Å²) in [6.45, 7) is 0. The molecule has 0 radical (unpaired) electrons. The van der Waals surface area contributed by atoms with Crippen LogP contribution >= 0.6 is 0 Å². The van der Waals surface area contributed by atoms with E-state index in [-0.39, 0.29) is 11.3 Å². The third-order valence-corrected chi connectivity index (χ3v) is 2.82. The molecule has 0 unspecified atom stereocenters. The number of benzene rings is 1. The van der Waals surface area contributed by atoms with Crippen molar-refractivity contribution in [3.05, 3.63) is 56.9 Å². The van der Waals surface area contributed by atoms with Gasteiger partial charge in [-0.2, -0.15) is 0 Å². The number of carbonyl (C=O) groups is 1. The molecule has 0 bridgehead atoms. The lowest BCUT2D eigenvalue weighted by molar-refractivity contribution is 0.102. The molecule has 1 aromatic carbocycles. The summed E-state index contributed by atoms with van der Waals surface area (Å²) in [5.41, 5.74) is -0.869. The van der Waals surface area contributed by atoms with E-state index in [4.69, 9.17) is 5.11 Å². The van der Waals surface area contributed by atoms with E-state index in [2.05, 4.69) is 5.32 Å². The Morgan fingerprint density at radius 3 is 2.35 bits per heavy atom. The van der Waals surface area contributed by atoms with Crippen LogP contribution in [0.4, 0.5) is 5.69 Å². The van der Waals surface area contributed by atoms with E-state index in [0.717, 1.165) is 9.13 Å². The number of hydrogen-bond acceptors (Lipinski definition) is 4. The number of anilines is 1. The van der Waals surface area contributed by atoms with E-state index < -0.39 is 17.2 Å². The van der Waals surface area contributed by atoms with Crippen molar-refractivity contribution >= 4 is 11.6 Å². The number of phenolic OH excluding ortho intramolecular Hbond substituents is 1. The summed E-state index contributed by atoms with van der Waals surface area (Å²) in [5, 5.41) is 11.7. The van der Waals surface area contributed by atoms with Crippen LogP contribution in [0.25, 0.3) is 0 Å². The molecule has 7 nitrogen and oxygen atoms in total. The van der Waals surface area contributed by atoms with Crippen LogP contribution in [-0.4, -0.2) is 20.1 Å². The molecule has 0 atom stereocenters. The van der Waals surface area contributed by atoms with Crippen molar-refractivity contribution in [2.45, 2.75) is 0 Å². The van der Waals surface area contributed by atoms with Gasteiger partial charge in [0.1, 0.15) is 11.3 Å². The van der Waals surface area contributed by atoms with Crippen LogP contribution < -0.4 is 16.6 Å². The van der Waals surface area contributed by atoms with Gasteiger partial charge in [0.2, 0.25) is 0 Å². The van der Waals surface area contributed by atoms with E-state index in [1.54, 1.807) is 0 Å². The second-order valence-corrected chi connectivity index (χ2v) is 4.30. The molecule has 7 heteroatoms. The minimum Gasteiger partial charge on any atom is -0.508 e. The number of aromatic nitrogens is 2. The third kappa shape index (κ3) is 2.46. The van der Waals surface area contributed by atoms with Gasteiger partial charge in [0.05, 0.1) is 0 Å². The zero-order chi connectivity index (χ0) is 14.9. The molecule has 0 saturated carbocycles. The largest absolute Gasteiger partial charge is 0.508 e. The Balaban J connectivity index is 2.37. The monoisotopic (exact) mass is 275 g/mol. The number of aromatic hydroxyl groups is 1. The predicted molar refractivity (Wildman–Crippen MR) is 73.0 cm³/mol. The molecule has 0 saturated heterocycles. The zero-order valence-electron chi connectivity index (χ0n) is 11.0. The molecule has 1 aromatic heterocycles. The van der Waals surface area contributed by atoms with Gasteiger partial charge >= 0.3 is 5.69 Å². The maximum absolute atomic E-state index is 12.0. The SMILES string of the molecule is Cn1cc(C(=O)Nc2ccc(O)cc2)c(=O)n(C)c1=O. The lowest BCUT2D eigenvalue weighted by Crippen LogP contribution is -2.40. The minimum absolute atomic E-state index is 0.0704. The molecule has 2 aromatic rings. The van der Waals surface area contributed by atoms with Crippen LogP contribution in [0.2, 0.25) is 0 Å². The molecule has 104 valence electrons. The first-order valence-corrected chi connectivity index (χ1v) is 5.77. The number of rotatable bonds is 2. The number of aryl methyl sites for hydroxylation is 1. The van der Waals surface area contributed by atoms with Crippen LogP contribution in [0, 0.1) is 0 Å². The van der Waals surface area contributed by atoms with Crippen LogP contribution in [0.5, 0.6) is 5.75 Å². The zero-order valence-corrected chi connectivity index (χ0v) is 11.0. The van der Waals surface area contributed by atoms with Gasteiger partial charge in [-0.1, -0.05) is 0 Å². The van der Waals surface area contributed by atoms with E-state index in [0.29, 0.717) is 5.69 Å². The molecule has 0 fully saturated rings. The predicted octanol–water partition coefficient (Wildman–Crippen LogP) is 0.0419. The Morgan fingerprint density at radius 1 is 1.15 bits per heavy atom. The van der Waals surface area contributed by atoms with E-state index in [1.807, 2.05) is 0 Å². The van der Waals surface area contributed by atoms with Crippen LogP contribution in [0.15, 0.2) is 40.1 Å². The Hall–Kier alpha value is -2.83. The first-order valence-electron chi connectivity index (χ1n) is 5.77. The molecule has 0 spiro atoms. The Labute approximate surface area is 113 Å². The number of carbonyl (C=O) groups excluding carboxylic acids is 1. The number of phenols is 1. The molecule has 0 aliphatic heterocycles. The fourth-order valence-electron chi connectivity index (χ4n) is 1.71. The molecular formula is C13H13N3O4. The quantitative estimate of drug-likeness (QED) is 0.757. The lowest BCUT2D eigenvalue weighted by atomic mass is 10.2. The standard InChI is InChI=1S/C13H13N3O4/c1-15-7-10(12(19)16(2)13(15)20)11(18)14-8-3-5-9(17)6-4-8/h3-7,17H,1-2H3,(H,14,18). The summed E-state index contributed by atoms with van der Waals surface area (Å²) in [6, 6.07) is 5.82. The van der Waals surface area contributed by atoms with E-state index in [9.17, 15) is 14.4 Å². The molecule has 1 amide bonds. The molecule has 0 aliphatic rings. The molecule has 20 heavy (non-hydrogen) atoms. The van der Waals surface area contributed by atoms with Gasteiger partial charge in [-0.3, -0.25) is 14.2 Å². The summed E-state index contributed by atoms with van der Waals surface area (Å²) in [6.07, 6.45) is 1.19. The average molecular weight is 275 g/mol. The van der Waals surface area contributed by atoms with E-state index in [1.165, 1.54) is 44.6 Å². The summed E-state index contributed by atoms with van der Waals surface area (Å²) in [7, 11) is 2.76. The highest BCUT2D eigenvalue weighted by atomic mass is 16.3. The van der Waals surface area contributed by atoms with Gasteiger partial charge in [0.25, 0.3) is 11.5 Å². The first-order chi connectivity index (χ1) is 9.40.